The molecule has 3 heteroatoms. The minimum atomic E-state index is 0.426. The summed E-state index contributed by atoms with van der Waals surface area (Å²) in [6.45, 7) is 7.19. The molecule has 0 unspecified atom stereocenters. The van der Waals surface area contributed by atoms with Crippen molar-refractivity contribution in [3.8, 4) is 11.5 Å². The molecule has 0 amide bonds. The number of hydrogen-bond donors (Lipinski definition) is 1. The summed E-state index contributed by atoms with van der Waals surface area (Å²) in [7, 11) is 1.93. The first-order valence-corrected chi connectivity index (χ1v) is 6.97. The number of pyridine rings is 1. The van der Waals surface area contributed by atoms with Crippen LogP contribution in [0, 0.1) is 6.92 Å². The Bertz CT molecular complexity index is 579. The van der Waals surface area contributed by atoms with E-state index in [1.54, 1.807) is 12.4 Å². The lowest BCUT2D eigenvalue weighted by Gasteiger charge is -2.16. The zero-order chi connectivity index (χ0) is 14.5. The molecule has 0 aliphatic heterocycles. The Kier molecular flexibility index (Phi) is 4.74. The largest absolute Gasteiger partial charge is 0.455 e. The van der Waals surface area contributed by atoms with Crippen molar-refractivity contribution in [3.63, 3.8) is 0 Å². The average molecular weight is 270 g/mol. The molecule has 0 fully saturated rings. The quantitative estimate of drug-likeness (QED) is 0.891. The van der Waals surface area contributed by atoms with Gasteiger partial charge in [-0.05, 0) is 43.1 Å². The molecule has 3 nitrogen and oxygen atoms in total. The number of nitrogens with one attached hydrogen (secondary N) is 1. The van der Waals surface area contributed by atoms with Crippen LogP contribution in [0.1, 0.15) is 36.5 Å². The van der Waals surface area contributed by atoms with Gasteiger partial charge in [-0.15, -0.1) is 0 Å². The van der Waals surface area contributed by atoms with Gasteiger partial charge in [0.25, 0.3) is 0 Å². The van der Waals surface area contributed by atoms with Crippen LogP contribution < -0.4 is 10.1 Å². The molecule has 2 rings (SSSR count). The molecular weight excluding hydrogens is 248 g/mol. The molecular formula is C17H22N2O. The van der Waals surface area contributed by atoms with Gasteiger partial charge >= 0.3 is 0 Å². The van der Waals surface area contributed by atoms with E-state index in [4.69, 9.17) is 4.74 Å². The Labute approximate surface area is 121 Å². The zero-order valence-corrected chi connectivity index (χ0v) is 12.6. The first kappa shape index (κ1) is 14.5. The van der Waals surface area contributed by atoms with Crippen LogP contribution in [0.3, 0.4) is 0 Å². The summed E-state index contributed by atoms with van der Waals surface area (Å²) in [5.74, 6) is 2.16. The van der Waals surface area contributed by atoms with Crippen molar-refractivity contribution in [2.45, 2.75) is 33.2 Å². The number of aromatic nitrogens is 1. The van der Waals surface area contributed by atoms with Crippen LogP contribution >= 0.6 is 0 Å². The number of aryl methyl sites for hydroxylation is 1. The Morgan fingerprint density at radius 1 is 1.20 bits per heavy atom. The second-order valence-electron chi connectivity index (χ2n) is 5.31. The smallest absolute Gasteiger partial charge is 0.150 e. The number of benzene rings is 1. The lowest BCUT2D eigenvalue weighted by Crippen LogP contribution is -2.07. The van der Waals surface area contributed by atoms with Gasteiger partial charge in [0.05, 0.1) is 6.20 Å². The average Bonchev–Trinajstić information content (AvgIpc) is 2.41. The predicted molar refractivity (Wildman–Crippen MR) is 82.3 cm³/mol. The van der Waals surface area contributed by atoms with E-state index in [1.165, 1.54) is 11.1 Å². The van der Waals surface area contributed by atoms with Crippen molar-refractivity contribution in [2.75, 3.05) is 7.05 Å². The van der Waals surface area contributed by atoms with Crippen LogP contribution in [0.15, 0.2) is 36.7 Å². The maximum atomic E-state index is 6.13. The van der Waals surface area contributed by atoms with Gasteiger partial charge in [0.1, 0.15) is 11.5 Å². The highest BCUT2D eigenvalue weighted by Crippen LogP contribution is 2.32. The molecule has 1 aromatic carbocycles. The summed E-state index contributed by atoms with van der Waals surface area (Å²) in [5.41, 5.74) is 3.53. The first-order chi connectivity index (χ1) is 9.61. The molecule has 1 aromatic heterocycles. The molecule has 0 bridgehead atoms. The van der Waals surface area contributed by atoms with Crippen molar-refractivity contribution in [1.29, 1.82) is 0 Å². The Morgan fingerprint density at radius 3 is 2.70 bits per heavy atom. The van der Waals surface area contributed by atoms with E-state index in [9.17, 15) is 0 Å². The summed E-state index contributed by atoms with van der Waals surface area (Å²) in [4.78, 5) is 4.17. The molecule has 0 saturated carbocycles. The van der Waals surface area contributed by atoms with E-state index in [2.05, 4.69) is 49.3 Å². The molecule has 106 valence electrons. The van der Waals surface area contributed by atoms with Gasteiger partial charge in [0.15, 0.2) is 0 Å². The summed E-state index contributed by atoms with van der Waals surface area (Å²) < 4.78 is 6.13. The van der Waals surface area contributed by atoms with Gasteiger partial charge in [-0.25, -0.2) is 0 Å². The molecule has 2 aromatic rings. The fraction of sp³-hybridized carbons (Fsp3) is 0.353. The number of nitrogens with zero attached hydrogens (tertiary/aromatic N) is 1. The standard InChI is InChI=1S/C17H22N2O/c1-12(2)15-6-5-13(3)9-16(15)20-17-11-19-8-7-14(17)10-18-4/h5-9,11-12,18H,10H2,1-4H3. The van der Waals surface area contributed by atoms with Gasteiger partial charge in [-0.1, -0.05) is 26.0 Å². The van der Waals surface area contributed by atoms with Crippen LogP contribution in [-0.2, 0) is 6.54 Å². The zero-order valence-electron chi connectivity index (χ0n) is 12.6. The third-order valence-corrected chi connectivity index (χ3v) is 3.25. The van der Waals surface area contributed by atoms with E-state index in [0.717, 1.165) is 23.6 Å². The van der Waals surface area contributed by atoms with Crippen molar-refractivity contribution >= 4 is 0 Å². The number of ether oxygens (including phenoxy) is 1. The monoisotopic (exact) mass is 270 g/mol. The summed E-state index contributed by atoms with van der Waals surface area (Å²) in [6, 6.07) is 8.34. The van der Waals surface area contributed by atoms with Crippen LogP contribution in [-0.4, -0.2) is 12.0 Å². The molecule has 0 saturated heterocycles. The molecule has 0 aliphatic rings. The maximum absolute atomic E-state index is 6.13. The van der Waals surface area contributed by atoms with E-state index in [-0.39, 0.29) is 0 Å². The van der Waals surface area contributed by atoms with Crippen molar-refractivity contribution in [2.24, 2.45) is 0 Å². The fourth-order valence-electron chi connectivity index (χ4n) is 2.16. The van der Waals surface area contributed by atoms with Crippen LogP contribution in [0.25, 0.3) is 0 Å². The van der Waals surface area contributed by atoms with Gasteiger partial charge in [0.2, 0.25) is 0 Å². The summed E-state index contributed by atoms with van der Waals surface area (Å²) in [5, 5.41) is 3.15. The second kappa shape index (κ2) is 6.53. The normalized spacial score (nSPS) is 10.8. The molecule has 1 N–H and O–H groups in total. The summed E-state index contributed by atoms with van der Waals surface area (Å²) in [6.07, 6.45) is 3.57. The lowest BCUT2D eigenvalue weighted by molar-refractivity contribution is 0.462. The topological polar surface area (TPSA) is 34.2 Å². The number of rotatable bonds is 5. The van der Waals surface area contributed by atoms with E-state index in [0.29, 0.717) is 5.92 Å². The molecule has 0 aliphatic carbocycles. The Morgan fingerprint density at radius 2 is 2.00 bits per heavy atom. The van der Waals surface area contributed by atoms with Crippen molar-refractivity contribution in [3.05, 3.63) is 53.3 Å². The third kappa shape index (κ3) is 3.36. The highest BCUT2D eigenvalue weighted by molar-refractivity contribution is 5.43. The van der Waals surface area contributed by atoms with E-state index < -0.39 is 0 Å². The number of hydrogen-bond acceptors (Lipinski definition) is 3. The minimum Gasteiger partial charge on any atom is -0.455 e. The predicted octanol–water partition coefficient (Wildman–Crippen LogP) is 4.03. The van der Waals surface area contributed by atoms with Gasteiger partial charge in [0, 0.05) is 18.3 Å². The fourth-order valence-corrected chi connectivity index (χ4v) is 2.16. The van der Waals surface area contributed by atoms with E-state index >= 15 is 0 Å². The van der Waals surface area contributed by atoms with Crippen molar-refractivity contribution in [1.82, 2.24) is 10.3 Å². The van der Waals surface area contributed by atoms with Crippen molar-refractivity contribution < 1.29 is 4.74 Å². The highest BCUT2D eigenvalue weighted by atomic mass is 16.5. The van der Waals surface area contributed by atoms with E-state index in [1.807, 2.05) is 13.1 Å². The second-order valence-corrected chi connectivity index (χ2v) is 5.31. The third-order valence-electron chi connectivity index (χ3n) is 3.25. The Hall–Kier alpha value is -1.87. The molecule has 0 atom stereocenters. The van der Waals surface area contributed by atoms with Crippen LogP contribution in [0.5, 0.6) is 11.5 Å². The van der Waals surface area contributed by atoms with Crippen LogP contribution in [0.4, 0.5) is 0 Å². The minimum absolute atomic E-state index is 0.426. The lowest BCUT2D eigenvalue weighted by atomic mass is 10.0. The molecule has 1 heterocycles. The highest BCUT2D eigenvalue weighted by Gasteiger charge is 2.11. The maximum Gasteiger partial charge on any atom is 0.150 e. The molecule has 20 heavy (non-hydrogen) atoms. The van der Waals surface area contributed by atoms with Crippen LogP contribution in [0.2, 0.25) is 0 Å². The van der Waals surface area contributed by atoms with Gasteiger partial charge in [-0.2, -0.15) is 0 Å². The molecule has 0 spiro atoms. The summed E-state index contributed by atoms with van der Waals surface area (Å²) >= 11 is 0. The SMILES string of the molecule is CNCc1ccncc1Oc1cc(C)ccc1C(C)C. The van der Waals surface area contributed by atoms with Gasteiger partial charge in [-0.3, -0.25) is 4.98 Å². The van der Waals surface area contributed by atoms with Gasteiger partial charge < -0.3 is 10.1 Å². The Balaban J connectivity index is 2.37. The first-order valence-electron chi connectivity index (χ1n) is 6.97. The molecule has 0 radical (unpaired) electrons.